The van der Waals surface area contributed by atoms with Crippen molar-refractivity contribution in [2.45, 2.75) is 25.7 Å². The number of hydrogen-bond donors (Lipinski definition) is 5. The molecular formula is C18H28N2O4. The van der Waals surface area contributed by atoms with E-state index in [2.05, 4.69) is 11.9 Å². The van der Waals surface area contributed by atoms with Gasteiger partial charge in [0.1, 0.15) is 0 Å². The SMILES string of the molecule is C=C/C=C(\CCCO)CNc1cc(O)c(O)c(OCCCCN)c1. The Bertz CT molecular complexity index is 544. The minimum atomic E-state index is -0.268. The van der Waals surface area contributed by atoms with Crippen LogP contribution in [-0.4, -0.2) is 41.6 Å². The molecule has 0 saturated heterocycles. The fraction of sp³-hybridized carbons (Fsp3) is 0.444. The molecule has 0 heterocycles. The van der Waals surface area contributed by atoms with E-state index in [0.717, 1.165) is 24.8 Å². The molecule has 0 fully saturated rings. The molecule has 1 aromatic rings. The van der Waals surface area contributed by atoms with Crippen molar-refractivity contribution >= 4 is 5.69 Å². The van der Waals surface area contributed by atoms with Gasteiger partial charge < -0.3 is 31.1 Å². The van der Waals surface area contributed by atoms with Crippen LogP contribution in [0.3, 0.4) is 0 Å². The van der Waals surface area contributed by atoms with E-state index >= 15 is 0 Å². The second-order valence-electron chi connectivity index (χ2n) is 5.43. The molecule has 0 atom stereocenters. The number of benzene rings is 1. The largest absolute Gasteiger partial charge is 0.504 e. The molecule has 0 radical (unpaired) electrons. The van der Waals surface area contributed by atoms with Crippen LogP contribution in [0, 0.1) is 0 Å². The summed E-state index contributed by atoms with van der Waals surface area (Å²) < 4.78 is 5.51. The maximum absolute atomic E-state index is 9.88. The zero-order valence-electron chi connectivity index (χ0n) is 14.0. The van der Waals surface area contributed by atoms with Crippen molar-refractivity contribution in [3.05, 3.63) is 36.4 Å². The van der Waals surface area contributed by atoms with Crippen molar-refractivity contribution in [2.24, 2.45) is 5.73 Å². The number of aliphatic hydroxyl groups excluding tert-OH is 1. The summed E-state index contributed by atoms with van der Waals surface area (Å²) in [6.07, 6.45) is 6.65. The molecule has 0 bridgehead atoms. The van der Waals surface area contributed by atoms with Gasteiger partial charge in [0.2, 0.25) is 5.75 Å². The average Bonchev–Trinajstić information content (AvgIpc) is 2.58. The van der Waals surface area contributed by atoms with E-state index in [1.165, 1.54) is 6.07 Å². The fourth-order valence-electron chi connectivity index (χ4n) is 2.15. The third-order valence-electron chi connectivity index (χ3n) is 3.44. The number of nitrogens with two attached hydrogens (primary N) is 1. The van der Waals surface area contributed by atoms with E-state index in [0.29, 0.717) is 31.8 Å². The van der Waals surface area contributed by atoms with Gasteiger partial charge >= 0.3 is 0 Å². The standard InChI is InChI=1S/C18H28N2O4/c1-2-6-14(7-5-9-21)13-20-15-11-16(22)18(23)17(12-15)24-10-4-3-8-19/h2,6,11-12,20-23H,1,3-5,7-10,13,19H2/b14-6+. The monoisotopic (exact) mass is 336 g/mol. The van der Waals surface area contributed by atoms with Crippen LogP contribution in [0.4, 0.5) is 5.69 Å². The predicted octanol–water partition coefficient (Wildman–Crippen LogP) is 2.51. The Morgan fingerprint density at radius 1 is 1.25 bits per heavy atom. The minimum Gasteiger partial charge on any atom is -0.504 e. The summed E-state index contributed by atoms with van der Waals surface area (Å²) in [5.41, 5.74) is 7.15. The molecule has 24 heavy (non-hydrogen) atoms. The summed E-state index contributed by atoms with van der Waals surface area (Å²) >= 11 is 0. The fourth-order valence-corrected chi connectivity index (χ4v) is 2.15. The number of hydrogen-bond acceptors (Lipinski definition) is 6. The molecule has 0 unspecified atom stereocenters. The Morgan fingerprint density at radius 3 is 2.71 bits per heavy atom. The van der Waals surface area contributed by atoms with Gasteiger partial charge in [0.15, 0.2) is 11.5 Å². The summed E-state index contributed by atoms with van der Waals surface area (Å²) in [4.78, 5) is 0. The number of rotatable bonds is 12. The van der Waals surface area contributed by atoms with Gasteiger partial charge in [0.25, 0.3) is 0 Å². The third kappa shape index (κ3) is 6.93. The molecule has 134 valence electrons. The maximum Gasteiger partial charge on any atom is 0.200 e. The number of phenolic OH excluding ortho intramolecular Hbond substituents is 2. The number of unbranched alkanes of at least 4 members (excludes halogenated alkanes) is 1. The van der Waals surface area contributed by atoms with Crippen LogP contribution < -0.4 is 15.8 Å². The molecule has 0 saturated carbocycles. The highest BCUT2D eigenvalue weighted by molar-refractivity contribution is 5.61. The van der Waals surface area contributed by atoms with Gasteiger partial charge in [-0.2, -0.15) is 0 Å². The van der Waals surface area contributed by atoms with Crippen molar-refractivity contribution in [3.8, 4) is 17.2 Å². The first-order valence-corrected chi connectivity index (χ1v) is 8.16. The number of aliphatic hydroxyl groups is 1. The van der Waals surface area contributed by atoms with Crippen LogP contribution in [0.5, 0.6) is 17.2 Å². The molecule has 6 nitrogen and oxygen atoms in total. The molecule has 0 aromatic heterocycles. The van der Waals surface area contributed by atoms with E-state index in [9.17, 15) is 10.2 Å². The highest BCUT2D eigenvalue weighted by atomic mass is 16.5. The zero-order chi connectivity index (χ0) is 17.8. The molecule has 0 amide bonds. The Hall–Kier alpha value is -2.18. The zero-order valence-corrected chi connectivity index (χ0v) is 14.0. The first kappa shape index (κ1) is 19.9. The van der Waals surface area contributed by atoms with Gasteiger partial charge in [-0.1, -0.05) is 24.3 Å². The number of allylic oxidation sites excluding steroid dienone is 2. The maximum atomic E-state index is 9.88. The number of phenols is 2. The topological polar surface area (TPSA) is 108 Å². The lowest BCUT2D eigenvalue weighted by molar-refractivity contribution is 0.286. The lowest BCUT2D eigenvalue weighted by Gasteiger charge is -2.14. The Kier molecular flexibility index (Phi) is 9.41. The molecule has 0 spiro atoms. The second-order valence-corrected chi connectivity index (χ2v) is 5.43. The average molecular weight is 336 g/mol. The molecule has 6 heteroatoms. The molecule has 0 aliphatic carbocycles. The lowest BCUT2D eigenvalue weighted by atomic mass is 10.1. The number of aromatic hydroxyl groups is 2. The Morgan fingerprint density at radius 2 is 2.04 bits per heavy atom. The lowest BCUT2D eigenvalue weighted by Crippen LogP contribution is -2.07. The smallest absolute Gasteiger partial charge is 0.200 e. The Labute approximate surface area is 143 Å². The van der Waals surface area contributed by atoms with Crippen molar-refractivity contribution in [2.75, 3.05) is 31.6 Å². The first-order valence-electron chi connectivity index (χ1n) is 8.16. The van der Waals surface area contributed by atoms with Gasteiger partial charge in [-0.05, 0) is 32.2 Å². The molecule has 1 rings (SSSR count). The van der Waals surface area contributed by atoms with E-state index < -0.39 is 0 Å². The first-order chi connectivity index (χ1) is 11.6. The number of anilines is 1. The summed E-state index contributed by atoms with van der Waals surface area (Å²) in [5.74, 6) is -0.270. The summed E-state index contributed by atoms with van der Waals surface area (Å²) in [7, 11) is 0. The van der Waals surface area contributed by atoms with Gasteiger partial charge in [0.05, 0.1) is 6.61 Å². The van der Waals surface area contributed by atoms with Gasteiger partial charge in [-0.25, -0.2) is 0 Å². The Balaban J connectivity index is 2.71. The van der Waals surface area contributed by atoms with Crippen LogP contribution >= 0.6 is 0 Å². The highest BCUT2D eigenvalue weighted by Crippen LogP contribution is 2.38. The van der Waals surface area contributed by atoms with E-state index in [1.54, 1.807) is 12.1 Å². The van der Waals surface area contributed by atoms with Gasteiger partial charge in [0, 0.05) is 31.0 Å². The number of ether oxygens (including phenoxy) is 1. The molecular weight excluding hydrogens is 308 g/mol. The van der Waals surface area contributed by atoms with Crippen LogP contribution in [-0.2, 0) is 0 Å². The molecule has 6 N–H and O–H groups in total. The van der Waals surface area contributed by atoms with Crippen LogP contribution in [0.1, 0.15) is 25.7 Å². The van der Waals surface area contributed by atoms with Crippen molar-refractivity contribution in [3.63, 3.8) is 0 Å². The van der Waals surface area contributed by atoms with Crippen LogP contribution in [0.2, 0.25) is 0 Å². The van der Waals surface area contributed by atoms with Crippen LogP contribution in [0.25, 0.3) is 0 Å². The molecule has 0 aliphatic heterocycles. The van der Waals surface area contributed by atoms with Crippen LogP contribution in [0.15, 0.2) is 36.4 Å². The van der Waals surface area contributed by atoms with E-state index in [4.69, 9.17) is 15.6 Å². The van der Waals surface area contributed by atoms with E-state index in [-0.39, 0.29) is 23.9 Å². The number of nitrogens with one attached hydrogen (secondary N) is 1. The quantitative estimate of drug-likeness (QED) is 0.174. The predicted molar refractivity (Wildman–Crippen MR) is 96.6 cm³/mol. The van der Waals surface area contributed by atoms with Crippen molar-refractivity contribution in [1.82, 2.24) is 0 Å². The molecule has 1 aromatic carbocycles. The summed E-state index contributed by atoms with van der Waals surface area (Å²) in [6.45, 7) is 5.38. The van der Waals surface area contributed by atoms with Gasteiger partial charge in [-0.3, -0.25) is 0 Å². The van der Waals surface area contributed by atoms with Crippen molar-refractivity contribution in [1.29, 1.82) is 0 Å². The van der Waals surface area contributed by atoms with Crippen molar-refractivity contribution < 1.29 is 20.1 Å². The van der Waals surface area contributed by atoms with E-state index in [1.807, 2.05) is 6.08 Å². The third-order valence-corrected chi connectivity index (χ3v) is 3.44. The second kappa shape index (κ2) is 11.4. The van der Waals surface area contributed by atoms with Gasteiger partial charge in [-0.15, -0.1) is 0 Å². The molecule has 0 aliphatic rings. The summed E-state index contributed by atoms with van der Waals surface area (Å²) in [6, 6.07) is 3.09. The summed E-state index contributed by atoms with van der Waals surface area (Å²) in [5, 5.41) is 31.8. The minimum absolute atomic E-state index is 0.134. The highest BCUT2D eigenvalue weighted by Gasteiger charge is 2.11. The normalized spacial score (nSPS) is 11.3.